The Balaban J connectivity index is 1.96. The van der Waals surface area contributed by atoms with Crippen molar-refractivity contribution in [1.29, 1.82) is 0 Å². The molecule has 0 aliphatic carbocycles. The Bertz CT molecular complexity index is 357. The van der Waals surface area contributed by atoms with E-state index in [0.29, 0.717) is 6.04 Å². The van der Waals surface area contributed by atoms with Gasteiger partial charge < -0.3 is 5.32 Å². The smallest absolute Gasteiger partial charge is 0.0218 e. The van der Waals surface area contributed by atoms with Crippen LogP contribution >= 0.6 is 11.3 Å². The van der Waals surface area contributed by atoms with E-state index in [1.807, 2.05) is 11.3 Å². The molecule has 18 heavy (non-hydrogen) atoms. The average Bonchev–Trinajstić information content (AvgIpc) is 2.82. The predicted octanol–water partition coefficient (Wildman–Crippen LogP) is 2.96. The molecular formula is C15H26N2S. The third kappa shape index (κ3) is 3.34. The van der Waals surface area contributed by atoms with Crippen molar-refractivity contribution in [3.63, 3.8) is 0 Å². The van der Waals surface area contributed by atoms with E-state index in [0.717, 1.165) is 12.5 Å². The number of nitrogens with one attached hydrogen (secondary N) is 1. The molecular weight excluding hydrogens is 240 g/mol. The zero-order valence-electron chi connectivity index (χ0n) is 12.1. The van der Waals surface area contributed by atoms with Crippen LogP contribution in [0.3, 0.4) is 0 Å². The van der Waals surface area contributed by atoms with Crippen LogP contribution in [0.15, 0.2) is 17.5 Å². The van der Waals surface area contributed by atoms with E-state index in [9.17, 15) is 0 Å². The third-order valence-corrected chi connectivity index (χ3v) is 5.14. The standard InChI is InChI=1S/C15H26N2S/c1-12(2)13-10-17(8-7-16-13)11-15(3,4)14-6-5-9-18-14/h5-6,9,12-13,16H,7-8,10-11H2,1-4H3. The number of rotatable bonds is 4. The molecule has 1 saturated heterocycles. The Morgan fingerprint density at radius 3 is 2.89 bits per heavy atom. The molecule has 0 bridgehead atoms. The zero-order valence-corrected chi connectivity index (χ0v) is 12.9. The van der Waals surface area contributed by atoms with Crippen LogP contribution in [0.4, 0.5) is 0 Å². The normalized spacial score (nSPS) is 22.6. The molecule has 0 radical (unpaired) electrons. The summed E-state index contributed by atoms with van der Waals surface area (Å²) in [4.78, 5) is 4.13. The molecule has 3 heteroatoms. The van der Waals surface area contributed by atoms with E-state index in [2.05, 4.69) is 55.4 Å². The Morgan fingerprint density at radius 2 is 2.28 bits per heavy atom. The van der Waals surface area contributed by atoms with E-state index in [1.165, 1.54) is 24.5 Å². The first-order valence-corrected chi connectivity index (χ1v) is 7.87. The van der Waals surface area contributed by atoms with Gasteiger partial charge in [-0.3, -0.25) is 4.90 Å². The van der Waals surface area contributed by atoms with Crippen LogP contribution in [0.1, 0.15) is 32.6 Å². The zero-order chi connectivity index (χ0) is 13.2. The largest absolute Gasteiger partial charge is 0.311 e. The summed E-state index contributed by atoms with van der Waals surface area (Å²) < 4.78 is 0. The molecule has 1 fully saturated rings. The van der Waals surface area contributed by atoms with Crippen LogP contribution in [-0.2, 0) is 5.41 Å². The molecule has 2 heterocycles. The van der Waals surface area contributed by atoms with Crippen molar-refractivity contribution >= 4 is 11.3 Å². The van der Waals surface area contributed by atoms with Crippen LogP contribution < -0.4 is 5.32 Å². The van der Waals surface area contributed by atoms with Crippen molar-refractivity contribution in [1.82, 2.24) is 10.2 Å². The SMILES string of the molecule is CC(C)C1CN(CC(C)(C)c2cccs2)CCN1. The summed E-state index contributed by atoms with van der Waals surface area (Å²) in [6.45, 7) is 14.0. The molecule has 1 atom stereocenters. The molecule has 1 N–H and O–H groups in total. The quantitative estimate of drug-likeness (QED) is 0.901. The Labute approximate surface area is 115 Å². The summed E-state index contributed by atoms with van der Waals surface area (Å²) in [5.74, 6) is 0.720. The second kappa shape index (κ2) is 5.72. The first kappa shape index (κ1) is 14.0. The average molecular weight is 266 g/mol. The van der Waals surface area contributed by atoms with Crippen molar-refractivity contribution in [2.24, 2.45) is 5.92 Å². The second-order valence-corrected chi connectivity index (χ2v) is 7.35. The Hall–Kier alpha value is -0.380. The van der Waals surface area contributed by atoms with Crippen molar-refractivity contribution in [2.45, 2.75) is 39.2 Å². The van der Waals surface area contributed by atoms with Crippen LogP contribution in [0, 0.1) is 5.92 Å². The summed E-state index contributed by atoms with van der Waals surface area (Å²) in [7, 11) is 0. The molecule has 0 spiro atoms. The topological polar surface area (TPSA) is 15.3 Å². The molecule has 1 aliphatic rings. The molecule has 1 aromatic rings. The molecule has 1 aromatic heterocycles. The highest BCUT2D eigenvalue weighted by Crippen LogP contribution is 2.28. The first-order valence-electron chi connectivity index (χ1n) is 6.99. The summed E-state index contributed by atoms with van der Waals surface area (Å²) in [5.41, 5.74) is 0.271. The molecule has 2 rings (SSSR count). The predicted molar refractivity (Wildman–Crippen MR) is 80.4 cm³/mol. The van der Waals surface area contributed by atoms with Gasteiger partial charge in [-0.2, -0.15) is 0 Å². The van der Waals surface area contributed by atoms with Crippen molar-refractivity contribution in [3.8, 4) is 0 Å². The fourth-order valence-electron chi connectivity index (χ4n) is 2.73. The lowest BCUT2D eigenvalue weighted by atomic mass is 9.90. The molecule has 0 amide bonds. The fourth-order valence-corrected chi connectivity index (χ4v) is 3.58. The maximum Gasteiger partial charge on any atom is 0.0218 e. The fraction of sp³-hybridized carbons (Fsp3) is 0.733. The molecule has 0 saturated carbocycles. The van der Waals surface area contributed by atoms with Crippen molar-refractivity contribution in [2.75, 3.05) is 26.2 Å². The van der Waals surface area contributed by atoms with Gasteiger partial charge in [-0.05, 0) is 17.4 Å². The molecule has 1 aliphatic heterocycles. The van der Waals surface area contributed by atoms with Gasteiger partial charge in [0.15, 0.2) is 0 Å². The van der Waals surface area contributed by atoms with E-state index in [-0.39, 0.29) is 5.41 Å². The minimum atomic E-state index is 0.271. The number of piperazine rings is 1. The Kier molecular flexibility index (Phi) is 4.46. The van der Waals surface area contributed by atoms with Gasteiger partial charge in [-0.25, -0.2) is 0 Å². The number of thiophene rings is 1. The number of hydrogen-bond donors (Lipinski definition) is 1. The summed E-state index contributed by atoms with van der Waals surface area (Å²) in [6, 6.07) is 5.08. The lowest BCUT2D eigenvalue weighted by Gasteiger charge is -2.39. The van der Waals surface area contributed by atoms with Gasteiger partial charge in [0, 0.05) is 42.5 Å². The molecule has 2 nitrogen and oxygen atoms in total. The minimum Gasteiger partial charge on any atom is -0.311 e. The van der Waals surface area contributed by atoms with Crippen molar-refractivity contribution in [3.05, 3.63) is 22.4 Å². The van der Waals surface area contributed by atoms with Crippen LogP contribution in [0.2, 0.25) is 0 Å². The first-order chi connectivity index (χ1) is 8.49. The van der Waals surface area contributed by atoms with Gasteiger partial charge in [-0.15, -0.1) is 11.3 Å². The minimum absolute atomic E-state index is 0.271. The van der Waals surface area contributed by atoms with Gasteiger partial charge in [0.25, 0.3) is 0 Å². The van der Waals surface area contributed by atoms with E-state index < -0.39 is 0 Å². The van der Waals surface area contributed by atoms with Gasteiger partial charge in [0.1, 0.15) is 0 Å². The van der Waals surface area contributed by atoms with E-state index >= 15 is 0 Å². The third-order valence-electron chi connectivity index (χ3n) is 3.90. The lowest BCUT2D eigenvalue weighted by Crippen LogP contribution is -2.55. The van der Waals surface area contributed by atoms with Crippen LogP contribution in [0.5, 0.6) is 0 Å². The highest BCUT2D eigenvalue weighted by molar-refractivity contribution is 7.10. The lowest BCUT2D eigenvalue weighted by molar-refractivity contribution is 0.150. The van der Waals surface area contributed by atoms with Crippen LogP contribution in [0.25, 0.3) is 0 Å². The maximum atomic E-state index is 3.63. The molecule has 102 valence electrons. The second-order valence-electron chi connectivity index (χ2n) is 6.40. The van der Waals surface area contributed by atoms with Crippen molar-refractivity contribution < 1.29 is 0 Å². The highest BCUT2D eigenvalue weighted by atomic mass is 32.1. The molecule has 0 aromatic carbocycles. The number of hydrogen-bond acceptors (Lipinski definition) is 3. The summed E-state index contributed by atoms with van der Waals surface area (Å²) in [5, 5.41) is 5.82. The van der Waals surface area contributed by atoms with Gasteiger partial charge in [-0.1, -0.05) is 33.8 Å². The Morgan fingerprint density at radius 1 is 1.50 bits per heavy atom. The van der Waals surface area contributed by atoms with Gasteiger partial charge >= 0.3 is 0 Å². The summed E-state index contributed by atoms with van der Waals surface area (Å²) >= 11 is 1.88. The maximum absolute atomic E-state index is 3.63. The van der Waals surface area contributed by atoms with Gasteiger partial charge in [0.2, 0.25) is 0 Å². The highest BCUT2D eigenvalue weighted by Gasteiger charge is 2.28. The summed E-state index contributed by atoms with van der Waals surface area (Å²) in [6.07, 6.45) is 0. The molecule has 1 unspecified atom stereocenters. The monoisotopic (exact) mass is 266 g/mol. The van der Waals surface area contributed by atoms with Crippen LogP contribution in [-0.4, -0.2) is 37.1 Å². The van der Waals surface area contributed by atoms with E-state index in [4.69, 9.17) is 0 Å². The van der Waals surface area contributed by atoms with E-state index in [1.54, 1.807) is 0 Å². The number of nitrogens with zero attached hydrogens (tertiary/aromatic N) is 1. The van der Waals surface area contributed by atoms with Gasteiger partial charge in [0.05, 0.1) is 0 Å².